The van der Waals surface area contributed by atoms with Crippen LogP contribution in [0.25, 0.3) is 0 Å². The van der Waals surface area contributed by atoms with Crippen LogP contribution in [0, 0.1) is 0 Å². The van der Waals surface area contributed by atoms with E-state index in [9.17, 15) is 14.4 Å². The zero-order valence-corrected chi connectivity index (χ0v) is 18.6. The van der Waals surface area contributed by atoms with Crippen molar-refractivity contribution >= 4 is 52.5 Å². The quantitative estimate of drug-likeness (QED) is 0.601. The first-order valence-corrected chi connectivity index (χ1v) is 10.9. The molecule has 6 nitrogen and oxygen atoms in total. The molecule has 0 bridgehead atoms. The molecule has 0 spiro atoms. The Balaban J connectivity index is 1.58. The average molecular weight is 446 g/mol. The Hall–Kier alpha value is -2.51. The molecule has 1 atom stereocenters. The molecular weight excluding hydrogens is 422 g/mol. The van der Waals surface area contributed by atoms with Crippen molar-refractivity contribution in [1.29, 1.82) is 0 Å². The number of halogens is 1. The van der Waals surface area contributed by atoms with E-state index in [0.29, 0.717) is 22.0 Å². The van der Waals surface area contributed by atoms with E-state index in [4.69, 9.17) is 11.6 Å². The first kappa shape index (κ1) is 22.2. The first-order chi connectivity index (χ1) is 14.2. The van der Waals surface area contributed by atoms with Crippen molar-refractivity contribution in [2.24, 2.45) is 0 Å². The number of nitrogens with one attached hydrogen (secondary N) is 3. The zero-order valence-electron chi connectivity index (χ0n) is 17.0. The maximum Gasteiger partial charge on any atom is 0.251 e. The van der Waals surface area contributed by atoms with Crippen LogP contribution in [0.3, 0.4) is 0 Å². The van der Waals surface area contributed by atoms with Crippen LogP contribution < -0.4 is 16.0 Å². The van der Waals surface area contributed by atoms with Crippen molar-refractivity contribution in [1.82, 2.24) is 5.32 Å². The molecule has 1 heterocycles. The predicted octanol–water partition coefficient (Wildman–Crippen LogP) is 4.70. The Morgan fingerprint density at radius 2 is 1.87 bits per heavy atom. The lowest BCUT2D eigenvalue weighted by Gasteiger charge is -2.24. The lowest BCUT2D eigenvalue weighted by atomic mass is 10.0. The molecule has 158 valence electrons. The summed E-state index contributed by atoms with van der Waals surface area (Å²) in [6, 6.07) is 12.0. The highest BCUT2D eigenvalue weighted by Crippen LogP contribution is 2.38. The summed E-state index contributed by atoms with van der Waals surface area (Å²) in [5.41, 5.74) is 1.47. The normalized spacial score (nSPS) is 15.7. The van der Waals surface area contributed by atoms with E-state index < -0.39 is 5.25 Å². The fourth-order valence-electron chi connectivity index (χ4n) is 2.81. The van der Waals surface area contributed by atoms with Gasteiger partial charge in [0.15, 0.2) is 0 Å². The third-order valence-corrected chi connectivity index (χ3v) is 6.41. The second-order valence-electron chi connectivity index (χ2n) is 7.76. The monoisotopic (exact) mass is 445 g/mol. The van der Waals surface area contributed by atoms with Gasteiger partial charge >= 0.3 is 0 Å². The van der Waals surface area contributed by atoms with E-state index >= 15 is 0 Å². The van der Waals surface area contributed by atoms with Crippen molar-refractivity contribution in [3.63, 3.8) is 0 Å². The Labute approximate surface area is 185 Å². The maximum atomic E-state index is 12.4. The Bertz CT molecular complexity index is 976. The SMILES string of the molecule is CCC(C)(C)NC(=O)c1ccc(NC(=O)CC2Sc3ccc(Cl)cc3NC2=O)cc1. The molecule has 2 aromatic carbocycles. The van der Waals surface area contributed by atoms with Crippen LogP contribution in [0.15, 0.2) is 47.4 Å². The molecule has 0 fully saturated rings. The molecule has 0 aliphatic carbocycles. The van der Waals surface area contributed by atoms with E-state index in [-0.39, 0.29) is 29.7 Å². The third-order valence-electron chi connectivity index (χ3n) is 4.90. The van der Waals surface area contributed by atoms with Crippen molar-refractivity contribution in [3.05, 3.63) is 53.1 Å². The van der Waals surface area contributed by atoms with E-state index in [1.807, 2.05) is 26.8 Å². The molecule has 0 saturated heterocycles. The molecule has 0 saturated carbocycles. The summed E-state index contributed by atoms with van der Waals surface area (Å²) in [6.07, 6.45) is 0.850. The van der Waals surface area contributed by atoms with Crippen LogP contribution in [-0.4, -0.2) is 28.5 Å². The molecule has 1 unspecified atom stereocenters. The fourth-order valence-corrected chi connectivity index (χ4v) is 4.07. The minimum atomic E-state index is -0.528. The fraction of sp³-hybridized carbons (Fsp3) is 0.318. The van der Waals surface area contributed by atoms with E-state index in [1.54, 1.807) is 36.4 Å². The second kappa shape index (κ2) is 9.10. The third kappa shape index (κ3) is 5.55. The highest BCUT2D eigenvalue weighted by Gasteiger charge is 2.29. The molecule has 3 N–H and O–H groups in total. The van der Waals surface area contributed by atoms with Gasteiger partial charge in [-0.05, 0) is 62.7 Å². The van der Waals surface area contributed by atoms with Gasteiger partial charge in [0, 0.05) is 33.1 Å². The molecule has 3 rings (SSSR count). The molecule has 1 aliphatic rings. The summed E-state index contributed by atoms with van der Waals surface area (Å²) >= 11 is 7.30. The van der Waals surface area contributed by atoms with Gasteiger partial charge in [-0.15, -0.1) is 11.8 Å². The lowest BCUT2D eigenvalue weighted by Crippen LogP contribution is -2.42. The summed E-state index contributed by atoms with van der Waals surface area (Å²) in [6.45, 7) is 5.94. The van der Waals surface area contributed by atoms with Gasteiger partial charge < -0.3 is 16.0 Å². The van der Waals surface area contributed by atoms with Crippen molar-refractivity contribution < 1.29 is 14.4 Å². The molecule has 1 aliphatic heterocycles. The molecular formula is C22H24ClN3O3S. The molecule has 3 amide bonds. The van der Waals surface area contributed by atoms with Crippen LogP contribution in [0.4, 0.5) is 11.4 Å². The highest BCUT2D eigenvalue weighted by atomic mass is 35.5. The van der Waals surface area contributed by atoms with E-state index in [2.05, 4.69) is 16.0 Å². The minimum absolute atomic E-state index is 0.0332. The number of anilines is 2. The Morgan fingerprint density at radius 3 is 2.53 bits per heavy atom. The summed E-state index contributed by atoms with van der Waals surface area (Å²) < 4.78 is 0. The van der Waals surface area contributed by atoms with Gasteiger partial charge in [-0.25, -0.2) is 0 Å². The maximum absolute atomic E-state index is 12.4. The zero-order chi connectivity index (χ0) is 21.9. The van der Waals surface area contributed by atoms with Crippen molar-refractivity contribution in [2.75, 3.05) is 10.6 Å². The van der Waals surface area contributed by atoms with Gasteiger partial charge in [-0.3, -0.25) is 14.4 Å². The number of hydrogen-bond acceptors (Lipinski definition) is 4. The molecule has 0 radical (unpaired) electrons. The molecule has 30 heavy (non-hydrogen) atoms. The average Bonchev–Trinajstić information content (AvgIpc) is 2.69. The Kier molecular flexibility index (Phi) is 6.73. The Morgan fingerprint density at radius 1 is 1.17 bits per heavy atom. The predicted molar refractivity (Wildman–Crippen MR) is 121 cm³/mol. The second-order valence-corrected chi connectivity index (χ2v) is 9.44. The van der Waals surface area contributed by atoms with Crippen LogP contribution in [0.2, 0.25) is 5.02 Å². The van der Waals surface area contributed by atoms with Crippen molar-refractivity contribution in [2.45, 2.75) is 49.3 Å². The van der Waals surface area contributed by atoms with Crippen molar-refractivity contribution in [3.8, 4) is 0 Å². The standard InChI is InChI=1S/C22H24ClN3O3S/c1-4-22(2,3)26-20(28)13-5-8-15(9-6-13)24-19(27)12-18-21(29)25-16-11-14(23)7-10-17(16)30-18/h5-11,18H,4,12H2,1-3H3,(H,24,27)(H,25,29)(H,26,28). The molecule has 0 aromatic heterocycles. The lowest BCUT2D eigenvalue weighted by molar-refractivity contribution is -0.120. The summed E-state index contributed by atoms with van der Waals surface area (Å²) in [4.78, 5) is 37.9. The van der Waals surface area contributed by atoms with Gasteiger partial charge in [0.05, 0.1) is 10.9 Å². The van der Waals surface area contributed by atoms with Gasteiger partial charge in [0.2, 0.25) is 11.8 Å². The number of carbonyl (C=O) groups is 3. The van der Waals surface area contributed by atoms with E-state index in [1.165, 1.54) is 11.8 Å². The van der Waals surface area contributed by atoms with Gasteiger partial charge in [0.1, 0.15) is 0 Å². The van der Waals surface area contributed by atoms with Gasteiger partial charge in [0.25, 0.3) is 5.91 Å². The summed E-state index contributed by atoms with van der Waals surface area (Å²) in [5, 5.41) is 8.56. The summed E-state index contributed by atoms with van der Waals surface area (Å²) in [5.74, 6) is -0.659. The minimum Gasteiger partial charge on any atom is -0.347 e. The topological polar surface area (TPSA) is 87.3 Å². The number of thioether (sulfide) groups is 1. The van der Waals surface area contributed by atoms with Crippen LogP contribution in [-0.2, 0) is 9.59 Å². The number of hydrogen-bond donors (Lipinski definition) is 3. The smallest absolute Gasteiger partial charge is 0.251 e. The highest BCUT2D eigenvalue weighted by molar-refractivity contribution is 8.01. The summed E-state index contributed by atoms with van der Waals surface area (Å²) in [7, 11) is 0. The van der Waals surface area contributed by atoms with Crippen LogP contribution in [0.1, 0.15) is 44.0 Å². The number of benzene rings is 2. The van der Waals surface area contributed by atoms with Gasteiger partial charge in [-0.1, -0.05) is 18.5 Å². The molecule has 8 heteroatoms. The first-order valence-electron chi connectivity index (χ1n) is 9.66. The number of rotatable bonds is 6. The van der Waals surface area contributed by atoms with Crippen LogP contribution >= 0.6 is 23.4 Å². The number of carbonyl (C=O) groups excluding carboxylic acids is 3. The molecule has 2 aromatic rings. The van der Waals surface area contributed by atoms with E-state index in [0.717, 1.165) is 11.3 Å². The number of amides is 3. The largest absolute Gasteiger partial charge is 0.347 e. The van der Waals surface area contributed by atoms with Crippen LogP contribution in [0.5, 0.6) is 0 Å². The number of fused-ring (bicyclic) bond motifs is 1. The van der Waals surface area contributed by atoms with Gasteiger partial charge in [-0.2, -0.15) is 0 Å².